The highest BCUT2D eigenvalue weighted by Crippen LogP contribution is 2.13. The van der Waals surface area contributed by atoms with Crippen LogP contribution in [0.3, 0.4) is 0 Å². The van der Waals surface area contributed by atoms with Crippen LogP contribution in [0.4, 0.5) is 0 Å². The summed E-state index contributed by atoms with van der Waals surface area (Å²) in [6.45, 7) is 4.00. The van der Waals surface area contributed by atoms with E-state index in [1.165, 1.54) is 0 Å². The molecule has 2 aromatic rings. The van der Waals surface area contributed by atoms with Gasteiger partial charge in [-0.1, -0.05) is 58.8 Å². The van der Waals surface area contributed by atoms with Gasteiger partial charge in [-0.2, -0.15) is 0 Å². The van der Waals surface area contributed by atoms with Gasteiger partial charge in [-0.15, -0.1) is 0 Å². The zero-order valence-corrected chi connectivity index (χ0v) is 12.8. The molecule has 0 bridgehead atoms. The van der Waals surface area contributed by atoms with E-state index in [1.54, 1.807) is 0 Å². The summed E-state index contributed by atoms with van der Waals surface area (Å²) in [6, 6.07) is 15.8. The second-order valence-corrected chi connectivity index (χ2v) is 5.30. The Morgan fingerprint density at radius 3 is 1.41 bits per heavy atom. The maximum Gasteiger partial charge on any atom is 0.109 e. The van der Waals surface area contributed by atoms with Gasteiger partial charge >= 0.3 is 0 Å². The van der Waals surface area contributed by atoms with Crippen LogP contribution < -0.4 is 0 Å². The molecule has 4 heteroatoms. The lowest BCUT2D eigenvalue weighted by Crippen LogP contribution is -2.20. The summed E-state index contributed by atoms with van der Waals surface area (Å²) in [6.07, 6.45) is 0.850. The van der Waals surface area contributed by atoms with Gasteiger partial charge in [0.15, 0.2) is 0 Å². The van der Waals surface area contributed by atoms with Gasteiger partial charge in [0.05, 0.1) is 0 Å². The van der Waals surface area contributed by atoms with Gasteiger partial charge in [-0.25, -0.2) is 0 Å². The highest BCUT2D eigenvalue weighted by molar-refractivity contribution is 6.42. The first-order chi connectivity index (χ1) is 10.7. The quantitative estimate of drug-likeness (QED) is 0.501. The van der Waals surface area contributed by atoms with Crippen molar-refractivity contribution in [1.82, 2.24) is 0 Å². The second-order valence-electron chi connectivity index (χ2n) is 5.30. The first-order valence-corrected chi connectivity index (χ1v) is 7.17. The summed E-state index contributed by atoms with van der Waals surface area (Å²) >= 11 is 0. The molecule has 0 saturated carbocycles. The van der Waals surface area contributed by atoms with Crippen molar-refractivity contribution in [3.8, 4) is 0 Å². The molecule has 114 valence electrons. The Hall–Kier alpha value is -2.62. The van der Waals surface area contributed by atoms with Crippen molar-refractivity contribution in [1.29, 1.82) is 0 Å². The number of aryl methyl sites for hydroxylation is 2. The van der Waals surface area contributed by atoms with Crippen LogP contribution in [-0.2, 0) is 12.8 Å². The standard InChI is InChI=1S/C18H20N2O2/c1-13-7-3-5-9-15(13)11-17(19-21)18(20-22)12-16-10-6-4-8-14(16)2/h3-10,21-22H,11-12H2,1-2H3/b19-17-,20-18-. The number of hydrogen-bond donors (Lipinski definition) is 2. The Balaban J connectivity index is 2.22. The van der Waals surface area contributed by atoms with Crippen LogP contribution in [0.15, 0.2) is 58.8 Å². The third-order valence-electron chi connectivity index (χ3n) is 3.81. The summed E-state index contributed by atoms with van der Waals surface area (Å²) in [5.41, 5.74) is 5.05. The van der Waals surface area contributed by atoms with Crippen LogP contribution in [0.5, 0.6) is 0 Å². The SMILES string of the molecule is Cc1ccccc1CC(=N/O)/C(Cc1ccccc1C)=N\O. The molecule has 0 fully saturated rings. The van der Waals surface area contributed by atoms with Gasteiger partial charge in [-0.05, 0) is 36.1 Å². The van der Waals surface area contributed by atoms with E-state index in [0.717, 1.165) is 22.3 Å². The van der Waals surface area contributed by atoms with Gasteiger partial charge in [0.2, 0.25) is 0 Å². The van der Waals surface area contributed by atoms with Crippen LogP contribution in [-0.4, -0.2) is 21.8 Å². The minimum absolute atomic E-state index is 0.375. The van der Waals surface area contributed by atoms with Crippen LogP contribution >= 0.6 is 0 Å². The van der Waals surface area contributed by atoms with E-state index in [4.69, 9.17) is 0 Å². The normalized spacial score (nSPS) is 12.5. The van der Waals surface area contributed by atoms with Gasteiger partial charge in [0.25, 0.3) is 0 Å². The monoisotopic (exact) mass is 296 g/mol. The molecule has 2 N–H and O–H groups in total. The van der Waals surface area contributed by atoms with Crippen LogP contribution in [0, 0.1) is 13.8 Å². The number of nitrogens with zero attached hydrogens (tertiary/aromatic N) is 2. The first-order valence-electron chi connectivity index (χ1n) is 7.17. The largest absolute Gasteiger partial charge is 0.411 e. The van der Waals surface area contributed by atoms with E-state index in [2.05, 4.69) is 10.3 Å². The highest BCUT2D eigenvalue weighted by atomic mass is 16.4. The fraction of sp³-hybridized carbons (Fsp3) is 0.222. The van der Waals surface area contributed by atoms with Crippen molar-refractivity contribution < 1.29 is 10.4 Å². The molecule has 0 aliphatic rings. The molecule has 2 rings (SSSR count). The molecule has 0 saturated heterocycles. The number of hydrogen-bond acceptors (Lipinski definition) is 4. The molecule has 0 atom stereocenters. The van der Waals surface area contributed by atoms with E-state index in [1.807, 2.05) is 62.4 Å². The molecule has 2 aromatic carbocycles. The lowest BCUT2D eigenvalue weighted by molar-refractivity contribution is 0.313. The van der Waals surface area contributed by atoms with Gasteiger partial charge in [0, 0.05) is 12.8 Å². The summed E-state index contributed by atoms with van der Waals surface area (Å²) < 4.78 is 0. The van der Waals surface area contributed by atoms with Crippen molar-refractivity contribution in [2.45, 2.75) is 26.7 Å². The molecular weight excluding hydrogens is 276 g/mol. The van der Waals surface area contributed by atoms with Crippen molar-refractivity contribution in [3.63, 3.8) is 0 Å². The molecule has 0 spiro atoms. The molecule has 22 heavy (non-hydrogen) atoms. The van der Waals surface area contributed by atoms with Crippen molar-refractivity contribution in [2.24, 2.45) is 10.3 Å². The predicted octanol–water partition coefficient (Wildman–Crippen LogP) is 3.75. The van der Waals surface area contributed by atoms with Crippen molar-refractivity contribution in [2.75, 3.05) is 0 Å². The summed E-state index contributed by atoms with van der Waals surface area (Å²) in [5.74, 6) is 0. The van der Waals surface area contributed by atoms with E-state index in [-0.39, 0.29) is 0 Å². The Bertz CT molecular complexity index is 644. The fourth-order valence-corrected chi connectivity index (χ4v) is 2.37. The molecule has 0 aromatic heterocycles. The predicted molar refractivity (Wildman–Crippen MR) is 88.2 cm³/mol. The Morgan fingerprint density at radius 1 is 0.727 bits per heavy atom. The van der Waals surface area contributed by atoms with Gasteiger partial charge < -0.3 is 10.4 Å². The Morgan fingerprint density at radius 2 is 1.09 bits per heavy atom. The molecule has 4 nitrogen and oxygen atoms in total. The smallest absolute Gasteiger partial charge is 0.109 e. The minimum Gasteiger partial charge on any atom is -0.411 e. The molecule has 0 radical (unpaired) electrons. The van der Waals surface area contributed by atoms with E-state index in [9.17, 15) is 10.4 Å². The summed E-state index contributed by atoms with van der Waals surface area (Å²) in [5, 5.41) is 25.3. The maximum atomic E-state index is 9.32. The third kappa shape index (κ3) is 3.73. The summed E-state index contributed by atoms with van der Waals surface area (Å²) in [4.78, 5) is 0. The van der Waals surface area contributed by atoms with Gasteiger partial charge in [-0.3, -0.25) is 0 Å². The van der Waals surface area contributed by atoms with Crippen LogP contribution in [0.25, 0.3) is 0 Å². The van der Waals surface area contributed by atoms with Crippen LogP contribution in [0.1, 0.15) is 22.3 Å². The summed E-state index contributed by atoms with van der Waals surface area (Å²) in [7, 11) is 0. The zero-order valence-electron chi connectivity index (χ0n) is 12.8. The van der Waals surface area contributed by atoms with E-state index in [0.29, 0.717) is 24.3 Å². The van der Waals surface area contributed by atoms with Gasteiger partial charge in [0.1, 0.15) is 11.4 Å². The average Bonchev–Trinajstić information content (AvgIpc) is 2.54. The first kappa shape index (κ1) is 15.8. The maximum absolute atomic E-state index is 9.32. The number of oxime groups is 2. The minimum atomic E-state index is 0.375. The molecule has 0 amide bonds. The zero-order chi connectivity index (χ0) is 15.9. The molecule has 0 aliphatic heterocycles. The Labute approximate surface area is 130 Å². The Kier molecular flexibility index (Phi) is 5.31. The second kappa shape index (κ2) is 7.41. The fourth-order valence-electron chi connectivity index (χ4n) is 2.37. The van der Waals surface area contributed by atoms with Crippen LogP contribution in [0.2, 0.25) is 0 Å². The number of rotatable bonds is 5. The lowest BCUT2D eigenvalue weighted by Gasteiger charge is -2.10. The lowest BCUT2D eigenvalue weighted by atomic mass is 9.96. The van der Waals surface area contributed by atoms with E-state index < -0.39 is 0 Å². The topological polar surface area (TPSA) is 65.2 Å². The van der Waals surface area contributed by atoms with Crippen molar-refractivity contribution in [3.05, 3.63) is 70.8 Å². The highest BCUT2D eigenvalue weighted by Gasteiger charge is 2.14. The third-order valence-corrected chi connectivity index (χ3v) is 3.81. The molecule has 0 aliphatic carbocycles. The number of benzene rings is 2. The van der Waals surface area contributed by atoms with E-state index >= 15 is 0 Å². The average molecular weight is 296 g/mol. The van der Waals surface area contributed by atoms with Crippen molar-refractivity contribution >= 4 is 11.4 Å². The molecule has 0 unspecified atom stereocenters. The molecular formula is C18H20N2O2. The molecule has 0 heterocycles.